The van der Waals surface area contributed by atoms with Gasteiger partial charge in [-0.1, -0.05) is 42.9 Å². The second-order valence-corrected chi connectivity index (χ2v) is 12.2. The Morgan fingerprint density at radius 3 is 2.50 bits per heavy atom. The fourth-order valence-electron chi connectivity index (χ4n) is 8.28. The lowest BCUT2D eigenvalue weighted by atomic mass is 9.50. The van der Waals surface area contributed by atoms with Crippen LogP contribution in [0.25, 0.3) is 0 Å². The molecule has 0 saturated heterocycles. The summed E-state index contributed by atoms with van der Waals surface area (Å²) in [5.41, 5.74) is 6.64. The molecule has 3 unspecified atom stereocenters. The minimum atomic E-state index is -1.15. The van der Waals surface area contributed by atoms with Gasteiger partial charge >= 0.3 is 5.97 Å². The molecule has 5 heteroatoms. The van der Waals surface area contributed by atoms with E-state index in [9.17, 15) is 9.59 Å². The summed E-state index contributed by atoms with van der Waals surface area (Å²) < 4.78 is 11.8. The zero-order valence-corrected chi connectivity index (χ0v) is 23.8. The van der Waals surface area contributed by atoms with Crippen molar-refractivity contribution in [3.05, 3.63) is 64.8 Å². The van der Waals surface area contributed by atoms with Gasteiger partial charge in [-0.05, 0) is 92.5 Å². The highest BCUT2D eigenvalue weighted by atomic mass is 16.6. The van der Waals surface area contributed by atoms with Crippen molar-refractivity contribution in [2.45, 2.75) is 77.2 Å². The van der Waals surface area contributed by atoms with Crippen LogP contribution in [-0.2, 0) is 19.1 Å². The molecule has 0 bridgehead atoms. The summed E-state index contributed by atoms with van der Waals surface area (Å²) in [4.78, 5) is 28.5. The molecule has 5 nitrogen and oxygen atoms in total. The Morgan fingerprint density at radius 2 is 1.84 bits per heavy atom. The molecule has 1 aromatic carbocycles. The van der Waals surface area contributed by atoms with Gasteiger partial charge in [0.2, 0.25) is 5.78 Å². The number of carbonyl (C=O) groups is 2. The molecule has 0 aliphatic heterocycles. The van der Waals surface area contributed by atoms with Crippen LogP contribution in [0.2, 0.25) is 0 Å². The molecule has 0 heterocycles. The Bertz CT molecular complexity index is 1190. The van der Waals surface area contributed by atoms with Crippen molar-refractivity contribution in [1.82, 2.24) is 0 Å². The van der Waals surface area contributed by atoms with Gasteiger partial charge in [0.1, 0.15) is 6.61 Å². The second-order valence-electron chi connectivity index (χ2n) is 12.2. The molecule has 0 amide bonds. The van der Waals surface area contributed by atoms with Crippen LogP contribution in [0.15, 0.2) is 59.2 Å². The van der Waals surface area contributed by atoms with E-state index in [1.165, 1.54) is 34.9 Å². The van der Waals surface area contributed by atoms with Crippen molar-refractivity contribution < 1.29 is 19.1 Å². The number of Topliss-reactive ketones (excluding diaryl/α,β-unsaturated/α-hetero) is 1. The SMILES string of the molecule is C=C1C=C2CCC3C(=C2CC1)C(c1ccc(N(C)C)cc1)C[C@@]1(C)C3CC[C@]1(OC(C)=O)C(=O)COCC. The van der Waals surface area contributed by atoms with Gasteiger partial charge in [-0.2, -0.15) is 0 Å². The van der Waals surface area contributed by atoms with Crippen molar-refractivity contribution >= 4 is 17.4 Å². The number of hydrogen-bond donors (Lipinski definition) is 0. The number of rotatable bonds is 7. The average Bonchev–Trinajstić information content (AvgIpc) is 3.18. The van der Waals surface area contributed by atoms with Crippen LogP contribution in [0.1, 0.15) is 77.2 Å². The molecule has 0 radical (unpaired) electrons. The Morgan fingerprint density at radius 1 is 1.11 bits per heavy atom. The fraction of sp³-hybridized carbons (Fsp3) is 0.576. The molecule has 0 N–H and O–H groups in total. The van der Waals surface area contributed by atoms with Crippen LogP contribution >= 0.6 is 0 Å². The van der Waals surface area contributed by atoms with Crippen LogP contribution in [0.3, 0.4) is 0 Å². The lowest BCUT2D eigenvalue weighted by Crippen LogP contribution is -2.58. The third-order valence-electron chi connectivity index (χ3n) is 9.99. The van der Waals surface area contributed by atoms with Crippen molar-refractivity contribution in [3.8, 4) is 0 Å². The molecule has 38 heavy (non-hydrogen) atoms. The van der Waals surface area contributed by atoms with Gasteiger partial charge in [0.05, 0.1) is 0 Å². The Labute approximate surface area is 228 Å². The van der Waals surface area contributed by atoms with E-state index in [1.807, 2.05) is 6.92 Å². The molecule has 2 fully saturated rings. The number of allylic oxidation sites excluding steroid dienone is 5. The van der Waals surface area contributed by atoms with Crippen LogP contribution in [-0.4, -0.2) is 44.7 Å². The largest absolute Gasteiger partial charge is 0.451 e. The highest BCUT2D eigenvalue weighted by Crippen LogP contribution is 2.68. The van der Waals surface area contributed by atoms with Gasteiger partial charge in [0.25, 0.3) is 0 Å². The van der Waals surface area contributed by atoms with Gasteiger partial charge in [-0.15, -0.1) is 0 Å². The van der Waals surface area contributed by atoms with Gasteiger partial charge in [-0.3, -0.25) is 9.59 Å². The molecule has 5 rings (SSSR count). The first-order valence-electron chi connectivity index (χ1n) is 14.3. The van der Waals surface area contributed by atoms with E-state index in [0.29, 0.717) is 24.9 Å². The van der Waals surface area contributed by atoms with Crippen molar-refractivity contribution in [1.29, 1.82) is 0 Å². The lowest BCUT2D eigenvalue weighted by molar-refractivity contribution is -0.185. The predicted molar refractivity (Wildman–Crippen MR) is 151 cm³/mol. The number of benzene rings is 1. The maximum Gasteiger partial charge on any atom is 0.303 e. The normalized spacial score (nSPS) is 32.2. The Kier molecular flexibility index (Phi) is 7.19. The second kappa shape index (κ2) is 10.1. The summed E-state index contributed by atoms with van der Waals surface area (Å²) in [6, 6.07) is 8.91. The van der Waals surface area contributed by atoms with Crippen LogP contribution in [0.4, 0.5) is 5.69 Å². The zero-order valence-electron chi connectivity index (χ0n) is 23.8. The van der Waals surface area contributed by atoms with Crippen molar-refractivity contribution in [3.63, 3.8) is 0 Å². The molecule has 0 aromatic heterocycles. The molecule has 1 aromatic rings. The molecular formula is C33H43NO4. The van der Waals surface area contributed by atoms with Crippen molar-refractivity contribution in [2.75, 3.05) is 32.2 Å². The van der Waals surface area contributed by atoms with Crippen LogP contribution < -0.4 is 4.90 Å². The molecule has 0 spiro atoms. The highest BCUT2D eigenvalue weighted by molar-refractivity contribution is 5.92. The minimum absolute atomic E-state index is 0.0120. The highest BCUT2D eigenvalue weighted by Gasteiger charge is 2.68. The Hall–Kier alpha value is -2.66. The summed E-state index contributed by atoms with van der Waals surface area (Å²) in [6.45, 7) is 10.3. The maximum absolute atomic E-state index is 13.9. The zero-order chi connectivity index (χ0) is 27.2. The van der Waals surface area contributed by atoms with E-state index < -0.39 is 11.0 Å². The van der Waals surface area contributed by atoms with Crippen LogP contribution in [0, 0.1) is 17.3 Å². The molecule has 204 valence electrons. The van der Waals surface area contributed by atoms with E-state index in [2.05, 4.69) is 62.8 Å². The first-order chi connectivity index (χ1) is 18.1. The first kappa shape index (κ1) is 26.9. The van der Waals surface area contributed by atoms with Gasteiger partial charge in [0, 0.05) is 44.6 Å². The van der Waals surface area contributed by atoms with Crippen LogP contribution in [0.5, 0.6) is 0 Å². The topological polar surface area (TPSA) is 55.8 Å². The van der Waals surface area contributed by atoms with Gasteiger partial charge < -0.3 is 14.4 Å². The van der Waals surface area contributed by atoms with E-state index >= 15 is 0 Å². The summed E-state index contributed by atoms with van der Waals surface area (Å²) >= 11 is 0. The minimum Gasteiger partial charge on any atom is -0.451 e. The quantitative estimate of drug-likeness (QED) is 0.384. The monoisotopic (exact) mass is 517 g/mol. The van der Waals surface area contributed by atoms with Crippen molar-refractivity contribution in [2.24, 2.45) is 17.3 Å². The number of hydrogen-bond acceptors (Lipinski definition) is 5. The number of carbonyl (C=O) groups excluding carboxylic acids is 2. The third-order valence-corrected chi connectivity index (χ3v) is 9.99. The molecule has 4 aliphatic rings. The summed E-state index contributed by atoms with van der Waals surface area (Å²) in [5.74, 6) is 0.382. The number of nitrogens with zero attached hydrogens (tertiary/aromatic N) is 1. The standard InChI is InChI=1S/C33H43NO4/c1-7-37-20-30(36)33(38-22(3)35)17-16-29-27-15-11-24-18-21(2)8-14-26(24)31(27)28(19-32(29,33)4)23-9-12-25(13-10-23)34(5)6/h9-10,12-13,18,27-29H,2,7-8,11,14-17,19-20H2,1,3-6H3/t27?,28?,29?,32-,33-/m0/s1. The number of esters is 1. The lowest BCUT2D eigenvalue weighted by Gasteiger charge is -2.55. The van der Waals surface area contributed by atoms with Gasteiger partial charge in [-0.25, -0.2) is 0 Å². The van der Waals surface area contributed by atoms with Gasteiger partial charge in [0.15, 0.2) is 5.60 Å². The predicted octanol–water partition coefficient (Wildman–Crippen LogP) is 6.55. The summed E-state index contributed by atoms with van der Waals surface area (Å²) in [5, 5.41) is 0. The molecule has 4 aliphatic carbocycles. The number of anilines is 1. The van der Waals surface area contributed by atoms with E-state index in [0.717, 1.165) is 38.5 Å². The molecular weight excluding hydrogens is 474 g/mol. The van der Waals surface area contributed by atoms with E-state index in [4.69, 9.17) is 9.47 Å². The third kappa shape index (κ3) is 4.27. The average molecular weight is 518 g/mol. The Balaban J connectivity index is 1.66. The van der Waals surface area contributed by atoms with E-state index in [1.54, 1.807) is 5.57 Å². The van der Waals surface area contributed by atoms with E-state index in [-0.39, 0.29) is 24.3 Å². The fourth-order valence-corrected chi connectivity index (χ4v) is 8.28. The summed E-state index contributed by atoms with van der Waals surface area (Å²) in [7, 11) is 4.12. The number of fused-ring (bicyclic) bond motifs is 4. The first-order valence-corrected chi connectivity index (χ1v) is 14.3. The molecule has 2 saturated carbocycles. The smallest absolute Gasteiger partial charge is 0.303 e. The summed E-state index contributed by atoms with van der Waals surface area (Å²) in [6.07, 6.45) is 8.75. The molecule has 5 atom stereocenters. The number of ether oxygens (including phenoxy) is 2. The number of ketones is 1. The maximum atomic E-state index is 13.9.